The van der Waals surface area contributed by atoms with Crippen LogP contribution in [0, 0.1) is 5.92 Å². The van der Waals surface area contributed by atoms with Crippen LogP contribution in [0.3, 0.4) is 0 Å². The lowest BCUT2D eigenvalue weighted by Crippen LogP contribution is -2.48. The monoisotopic (exact) mass is 652 g/mol. The minimum atomic E-state index is -3.46. The minimum Gasteiger partial charge on any atom is -0.394 e. The maximum atomic E-state index is 16.3. The molecule has 2 amide bonds. The minimum absolute atomic E-state index is 0.0671. The molecule has 0 radical (unpaired) electrons. The first-order chi connectivity index (χ1) is 21.3. The molecule has 1 spiro atoms. The number of nitrogens with zero attached hydrogens (tertiary/aromatic N) is 2. The number of halogens is 2. The lowest BCUT2D eigenvalue weighted by atomic mass is 9.82. The van der Waals surface area contributed by atoms with Crippen molar-refractivity contribution in [3.63, 3.8) is 0 Å². The Hall–Kier alpha value is -2.78. The summed E-state index contributed by atoms with van der Waals surface area (Å²) in [6.07, 6.45) is 5.79. The first-order valence-electron chi connectivity index (χ1n) is 16.0. The van der Waals surface area contributed by atoms with Crippen molar-refractivity contribution in [1.82, 2.24) is 4.90 Å². The molecular formula is C36H46ClFN2O4Si. The largest absolute Gasteiger partial charge is 0.394 e. The summed E-state index contributed by atoms with van der Waals surface area (Å²) in [5, 5.41) is 10.7. The van der Waals surface area contributed by atoms with Crippen LogP contribution in [0.15, 0.2) is 65.8 Å². The molecule has 3 aliphatic rings. The lowest BCUT2D eigenvalue weighted by Gasteiger charge is -2.37. The zero-order valence-corrected chi connectivity index (χ0v) is 29.0. The lowest BCUT2D eigenvalue weighted by molar-refractivity contribution is -0.150. The smallest absolute Gasteiger partial charge is 0.264 e. The van der Waals surface area contributed by atoms with Gasteiger partial charge in [-0.1, -0.05) is 66.1 Å². The third-order valence-electron chi connectivity index (χ3n) is 9.90. The number of ether oxygens (including phenoxy) is 1. The number of fused-ring (bicyclic) bond motifs is 3. The number of aliphatic hydroxyl groups is 1. The number of amides is 2. The van der Waals surface area contributed by atoms with Gasteiger partial charge in [-0.25, -0.2) is 0 Å². The molecular weight excluding hydrogens is 607 g/mol. The fraction of sp³-hybridized carbons (Fsp3) is 0.500. The van der Waals surface area contributed by atoms with Crippen LogP contribution in [0.5, 0.6) is 0 Å². The van der Waals surface area contributed by atoms with Crippen molar-refractivity contribution in [3.8, 4) is 0 Å². The van der Waals surface area contributed by atoms with Gasteiger partial charge in [0.15, 0.2) is 5.60 Å². The number of anilines is 1. The van der Waals surface area contributed by atoms with Crippen molar-refractivity contribution >= 4 is 37.5 Å². The molecule has 242 valence electrons. The molecule has 2 aromatic rings. The highest BCUT2D eigenvalue weighted by molar-refractivity contribution is 6.72. The van der Waals surface area contributed by atoms with Crippen LogP contribution >= 0.6 is 11.6 Å². The summed E-state index contributed by atoms with van der Waals surface area (Å²) < 4.78 is 23.1. The van der Waals surface area contributed by atoms with Gasteiger partial charge >= 0.3 is 0 Å². The fourth-order valence-corrected chi connectivity index (χ4v) is 10.3. The van der Waals surface area contributed by atoms with E-state index in [1.165, 1.54) is 11.1 Å². The molecule has 0 unspecified atom stereocenters. The van der Waals surface area contributed by atoms with E-state index in [9.17, 15) is 14.7 Å². The topological polar surface area (TPSA) is 70.1 Å². The van der Waals surface area contributed by atoms with Gasteiger partial charge in [-0.2, -0.15) is 0 Å². The Morgan fingerprint density at radius 2 is 1.87 bits per heavy atom. The van der Waals surface area contributed by atoms with E-state index < -0.39 is 31.6 Å². The molecule has 5 rings (SSSR count). The SMILES string of the molecule is CC(C)=CCC/C(C)=C/CN1C(=O)[C@]2(O[C@H](CC(=O)N3Cc4ccccc4C[C@H]3CO)[C@@H]([Si](C)(C)F)[C@@H]2C)c2cc(Cl)ccc21. The van der Waals surface area contributed by atoms with Gasteiger partial charge < -0.3 is 23.8 Å². The van der Waals surface area contributed by atoms with Crippen LogP contribution in [-0.4, -0.2) is 55.5 Å². The highest BCUT2D eigenvalue weighted by Crippen LogP contribution is 2.60. The van der Waals surface area contributed by atoms with Crippen molar-refractivity contribution in [2.24, 2.45) is 5.92 Å². The number of rotatable bonds is 9. The molecule has 3 aliphatic heterocycles. The molecule has 0 aliphatic carbocycles. The van der Waals surface area contributed by atoms with Crippen LogP contribution in [0.1, 0.15) is 63.6 Å². The molecule has 0 saturated carbocycles. The van der Waals surface area contributed by atoms with Gasteiger partial charge in [-0.05, 0) is 82.5 Å². The highest BCUT2D eigenvalue weighted by atomic mass is 35.5. The number of aliphatic hydroxyl groups excluding tert-OH is 1. The number of hydrogen-bond acceptors (Lipinski definition) is 4. The second-order valence-electron chi connectivity index (χ2n) is 13.8. The van der Waals surface area contributed by atoms with Crippen molar-refractivity contribution in [1.29, 1.82) is 0 Å². The fourth-order valence-electron chi connectivity index (χ4n) is 7.67. The van der Waals surface area contributed by atoms with E-state index in [0.717, 1.165) is 24.0 Å². The predicted molar refractivity (Wildman–Crippen MR) is 180 cm³/mol. The summed E-state index contributed by atoms with van der Waals surface area (Å²) >= 11 is 6.51. The summed E-state index contributed by atoms with van der Waals surface area (Å²) in [6.45, 7) is 12.0. The average molecular weight is 653 g/mol. The highest BCUT2D eigenvalue weighted by Gasteiger charge is 2.67. The summed E-state index contributed by atoms with van der Waals surface area (Å²) in [7, 11) is -3.46. The van der Waals surface area contributed by atoms with Gasteiger partial charge in [0, 0.05) is 35.1 Å². The maximum absolute atomic E-state index is 16.3. The molecule has 6 nitrogen and oxygen atoms in total. The van der Waals surface area contributed by atoms with Crippen LogP contribution in [0.4, 0.5) is 9.80 Å². The molecule has 9 heteroatoms. The Kier molecular flexibility index (Phi) is 9.81. The van der Waals surface area contributed by atoms with Gasteiger partial charge in [-0.15, -0.1) is 0 Å². The Balaban J connectivity index is 1.46. The first kappa shape index (κ1) is 33.6. The van der Waals surface area contributed by atoms with E-state index in [0.29, 0.717) is 35.8 Å². The zero-order valence-electron chi connectivity index (χ0n) is 27.3. The maximum Gasteiger partial charge on any atom is 0.264 e. The number of carbonyl (C=O) groups is 2. The van der Waals surface area contributed by atoms with E-state index >= 15 is 4.11 Å². The van der Waals surface area contributed by atoms with E-state index in [1.807, 2.05) is 37.3 Å². The second-order valence-corrected chi connectivity index (χ2v) is 18.0. The van der Waals surface area contributed by atoms with Crippen molar-refractivity contribution < 1.29 is 23.5 Å². The van der Waals surface area contributed by atoms with Crippen LogP contribution < -0.4 is 4.90 Å². The molecule has 2 aromatic carbocycles. The molecule has 0 bridgehead atoms. The standard InChI is InChI=1S/C36H46ClFN2O4Si/c1-23(2)10-9-11-24(3)16-17-39-31-15-14-28(37)19-30(31)36(35(39)43)25(4)34(45(5,6)38)32(44-36)20-33(42)40-21-27-13-8-7-12-26(27)18-29(40)22-41/h7-8,10,12-16,19,25,29,32,34,41H,9,11,17-18,20-22H2,1-6H3/b24-16+/t25-,29-,32+,34-,36+/m0/s1. The quantitative estimate of drug-likeness (QED) is 0.173. The molecule has 45 heavy (non-hydrogen) atoms. The summed E-state index contributed by atoms with van der Waals surface area (Å²) in [5.41, 5.74) is 3.91. The van der Waals surface area contributed by atoms with Gasteiger partial charge in [0.25, 0.3) is 5.91 Å². The van der Waals surface area contributed by atoms with Crippen LogP contribution in [-0.2, 0) is 32.9 Å². The molecule has 1 saturated heterocycles. The third kappa shape index (κ3) is 6.44. The number of carbonyl (C=O) groups excluding carboxylic acids is 2. The second kappa shape index (κ2) is 13.1. The Bertz CT molecular complexity index is 1520. The van der Waals surface area contributed by atoms with Crippen molar-refractivity contribution in [2.75, 3.05) is 18.1 Å². The molecule has 1 fully saturated rings. The Labute approximate surface area is 273 Å². The van der Waals surface area contributed by atoms with Crippen molar-refractivity contribution in [2.45, 2.75) is 96.3 Å². The molecule has 0 aromatic heterocycles. The van der Waals surface area contributed by atoms with E-state index in [1.54, 1.807) is 35.0 Å². The summed E-state index contributed by atoms with van der Waals surface area (Å²) in [5.74, 6) is -0.960. The average Bonchev–Trinajstić information content (AvgIpc) is 3.40. The third-order valence-corrected chi connectivity index (χ3v) is 12.6. The van der Waals surface area contributed by atoms with Gasteiger partial charge in [0.2, 0.25) is 14.3 Å². The summed E-state index contributed by atoms with van der Waals surface area (Å²) in [4.78, 5) is 31.9. The number of allylic oxidation sites excluding steroid dienone is 3. The van der Waals surface area contributed by atoms with Crippen LogP contribution in [0.2, 0.25) is 23.7 Å². The Morgan fingerprint density at radius 1 is 1.16 bits per heavy atom. The van der Waals surface area contributed by atoms with Gasteiger partial charge in [-0.3, -0.25) is 9.59 Å². The van der Waals surface area contributed by atoms with E-state index in [4.69, 9.17) is 16.3 Å². The van der Waals surface area contributed by atoms with Crippen LogP contribution in [0.25, 0.3) is 0 Å². The van der Waals surface area contributed by atoms with E-state index in [2.05, 4.69) is 32.9 Å². The predicted octanol–water partition coefficient (Wildman–Crippen LogP) is 7.49. The van der Waals surface area contributed by atoms with E-state index in [-0.39, 0.29) is 30.9 Å². The Morgan fingerprint density at radius 3 is 2.53 bits per heavy atom. The van der Waals surface area contributed by atoms with Gasteiger partial charge in [0.1, 0.15) is 0 Å². The van der Waals surface area contributed by atoms with Gasteiger partial charge in [0.05, 0.1) is 30.9 Å². The number of benzene rings is 2. The normalized spacial score (nSPS) is 26.3. The zero-order chi connectivity index (χ0) is 32.7. The van der Waals surface area contributed by atoms with Crippen molar-refractivity contribution in [3.05, 3.63) is 87.5 Å². The molecule has 5 atom stereocenters. The number of hydrogen-bond donors (Lipinski definition) is 1. The molecule has 1 N–H and O–H groups in total. The molecule has 3 heterocycles. The summed E-state index contributed by atoms with van der Waals surface area (Å²) in [6, 6.07) is 12.9. The first-order valence-corrected chi connectivity index (χ1v) is 19.4.